The highest BCUT2D eigenvalue weighted by Gasteiger charge is 2.43. The molecule has 2 fully saturated rings. The minimum Gasteiger partial charge on any atom is -0.398 e. The number of benzene rings is 1. The number of thioether (sulfide) groups is 1. The maximum absolute atomic E-state index is 12.5. The van der Waals surface area contributed by atoms with Crippen LogP contribution >= 0.6 is 11.8 Å². The second-order valence-electron chi connectivity index (χ2n) is 5.89. The van der Waals surface area contributed by atoms with Crippen LogP contribution in [0.2, 0.25) is 0 Å². The van der Waals surface area contributed by atoms with Crippen molar-refractivity contribution in [3.63, 3.8) is 0 Å². The Balaban J connectivity index is 1.76. The quantitative estimate of drug-likeness (QED) is 0.689. The van der Waals surface area contributed by atoms with E-state index in [-0.39, 0.29) is 23.1 Å². The van der Waals surface area contributed by atoms with Crippen molar-refractivity contribution in [1.82, 2.24) is 4.90 Å². The van der Waals surface area contributed by atoms with E-state index in [4.69, 9.17) is 5.73 Å². The van der Waals surface area contributed by atoms with Gasteiger partial charge in [-0.2, -0.15) is 0 Å². The average molecular weight is 304 g/mol. The lowest BCUT2D eigenvalue weighted by Gasteiger charge is -2.22. The average Bonchev–Trinajstić information content (AvgIpc) is 3.03. The first kappa shape index (κ1) is 14.4. The molecule has 0 aromatic heterocycles. The first-order valence-corrected chi connectivity index (χ1v) is 8.33. The molecular weight excluding hydrogens is 284 g/mol. The Morgan fingerprint density at radius 3 is 2.67 bits per heavy atom. The van der Waals surface area contributed by atoms with Crippen molar-refractivity contribution >= 4 is 29.3 Å². The normalized spacial score (nSPS) is 23.3. The maximum atomic E-state index is 12.5. The second kappa shape index (κ2) is 5.72. The highest BCUT2D eigenvalue weighted by molar-refractivity contribution is 8.00. The Hall–Kier alpha value is -1.49. The van der Waals surface area contributed by atoms with E-state index in [0.717, 1.165) is 36.1 Å². The van der Waals surface area contributed by atoms with Crippen molar-refractivity contribution in [2.45, 2.75) is 55.2 Å². The smallest absolute Gasteiger partial charge is 0.243 e. The Kier molecular flexibility index (Phi) is 3.93. The number of nitrogen functional groups attached to an aromatic ring is 1. The fraction of sp³-hybridized carbons (Fsp3) is 0.500. The van der Waals surface area contributed by atoms with Gasteiger partial charge in [0, 0.05) is 23.0 Å². The number of hydrogen-bond donors (Lipinski definition) is 1. The van der Waals surface area contributed by atoms with Gasteiger partial charge in [0.15, 0.2) is 0 Å². The standard InChI is InChI=1S/C16H20N2O2S/c1-10-6-7-12(17)13(8-10)21-14-9-15(19)18(16(14)20)11-4-2-3-5-11/h6-8,11,14H,2-5,9,17H2,1H3. The molecule has 0 spiro atoms. The molecule has 2 aliphatic rings. The van der Waals surface area contributed by atoms with Crippen LogP contribution in [0.5, 0.6) is 0 Å². The number of hydrogen-bond acceptors (Lipinski definition) is 4. The molecule has 2 N–H and O–H groups in total. The number of rotatable bonds is 3. The lowest BCUT2D eigenvalue weighted by Crippen LogP contribution is -2.39. The van der Waals surface area contributed by atoms with Gasteiger partial charge < -0.3 is 5.73 Å². The Labute approximate surface area is 129 Å². The van der Waals surface area contributed by atoms with Gasteiger partial charge in [-0.05, 0) is 37.5 Å². The SMILES string of the molecule is Cc1ccc(N)c(SC2CC(=O)N(C3CCCC3)C2=O)c1. The van der Waals surface area contributed by atoms with Gasteiger partial charge in [0.05, 0.1) is 5.25 Å². The topological polar surface area (TPSA) is 63.4 Å². The molecule has 3 rings (SSSR count). The Bertz CT molecular complexity index is 582. The zero-order valence-corrected chi connectivity index (χ0v) is 13.0. The van der Waals surface area contributed by atoms with E-state index in [1.165, 1.54) is 16.7 Å². The number of amides is 2. The molecule has 5 heteroatoms. The summed E-state index contributed by atoms with van der Waals surface area (Å²) >= 11 is 1.43. The van der Waals surface area contributed by atoms with Crippen molar-refractivity contribution in [3.8, 4) is 0 Å². The molecule has 1 aromatic carbocycles. The lowest BCUT2D eigenvalue weighted by atomic mass is 10.2. The van der Waals surface area contributed by atoms with Crippen LogP contribution in [0.1, 0.15) is 37.7 Å². The van der Waals surface area contributed by atoms with Crippen LogP contribution in [0.25, 0.3) is 0 Å². The summed E-state index contributed by atoms with van der Waals surface area (Å²) < 4.78 is 0. The van der Waals surface area contributed by atoms with Crippen LogP contribution < -0.4 is 5.73 Å². The molecule has 1 unspecified atom stereocenters. The van der Waals surface area contributed by atoms with Crippen LogP contribution in [0, 0.1) is 6.92 Å². The summed E-state index contributed by atoms with van der Waals surface area (Å²) in [6.07, 6.45) is 4.45. The van der Waals surface area contributed by atoms with Gasteiger partial charge in [-0.25, -0.2) is 0 Å². The van der Waals surface area contributed by atoms with Gasteiger partial charge in [0.25, 0.3) is 0 Å². The summed E-state index contributed by atoms with van der Waals surface area (Å²) in [5.74, 6) is -0.0477. The summed E-state index contributed by atoms with van der Waals surface area (Å²) in [4.78, 5) is 27.2. The molecule has 1 saturated carbocycles. The predicted molar refractivity (Wildman–Crippen MR) is 84.0 cm³/mol. The van der Waals surface area contributed by atoms with Crippen molar-refractivity contribution in [2.24, 2.45) is 0 Å². The van der Waals surface area contributed by atoms with Gasteiger partial charge in [0.2, 0.25) is 11.8 Å². The van der Waals surface area contributed by atoms with Crippen molar-refractivity contribution in [3.05, 3.63) is 23.8 Å². The molecule has 21 heavy (non-hydrogen) atoms. The molecule has 112 valence electrons. The fourth-order valence-electron chi connectivity index (χ4n) is 3.16. The van der Waals surface area contributed by atoms with Crippen LogP contribution in [-0.2, 0) is 9.59 Å². The number of likely N-dealkylation sites (tertiary alicyclic amines) is 1. The van der Waals surface area contributed by atoms with Crippen LogP contribution in [-0.4, -0.2) is 28.0 Å². The van der Waals surface area contributed by atoms with Crippen molar-refractivity contribution in [1.29, 1.82) is 0 Å². The fourth-order valence-corrected chi connectivity index (χ4v) is 4.36. The van der Waals surface area contributed by atoms with E-state index >= 15 is 0 Å². The first-order valence-electron chi connectivity index (χ1n) is 7.45. The highest BCUT2D eigenvalue weighted by Crippen LogP contribution is 2.37. The largest absolute Gasteiger partial charge is 0.398 e. The zero-order chi connectivity index (χ0) is 15.0. The van der Waals surface area contributed by atoms with E-state index < -0.39 is 0 Å². The third-order valence-corrected chi connectivity index (χ3v) is 5.53. The molecule has 1 aromatic rings. The summed E-state index contributed by atoms with van der Waals surface area (Å²) in [7, 11) is 0. The molecule has 1 saturated heterocycles. The van der Waals surface area contributed by atoms with Gasteiger partial charge >= 0.3 is 0 Å². The third-order valence-electron chi connectivity index (χ3n) is 4.27. The molecule has 2 amide bonds. The minimum absolute atomic E-state index is 0.0179. The predicted octanol–water partition coefficient (Wildman–Crippen LogP) is 2.74. The Morgan fingerprint density at radius 2 is 1.95 bits per heavy atom. The third kappa shape index (κ3) is 2.79. The van der Waals surface area contributed by atoms with Crippen molar-refractivity contribution < 1.29 is 9.59 Å². The summed E-state index contributed by atoms with van der Waals surface area (Å²) in [5, 5.41) is -0.317. The number of carbonyl (C=O) groups excluding carboxylic acids is 2. The minimum atomic E-state index is -0.317. The maximum Gasteiger partial charge on any atom is 0.243 e. The number of aryl methyl sites for hydroxylation is 1. The van der Waals surface area contributed by atoms with E-state index in [0.29, 0.717) is 12.1 Å². The molecule has 1 atom stereocenters. The van der Waals surface area contributed by atoms with Crippen LogP contribution in [0.4, 0.5) is 5.69 Å². The van der Waals surface area contributed by atoms with Crippen LogP contribution in [0.3, 0.4) is 0 Å². The number of anilines is 1. The molecule has 1 aliphatic heterocycles. The molecule has 1 heterocycles. The van der Waals surface area contributed by atoms with Crippen molar-refractivity contribution in [2.75, 3.05) is 5.73 Å². The second-order valence-corrected chi connectivity index (χ2v) is 7.14. The van der Waals surface area contributed by atoms with Gasteiger partial charge in [0.1, 0.15) is 0 Å². The van der Waals surface area contributed by atoms with E-state index in [9.17, 15) is 9.59 Å². The molecular formula is C16H20N2O2S. The molecule has 0 radical (unpaired) electrons. The summed E-state index contributed by atoms with van der Waals surface area (Å²) in [5.41, 5.74) is 7.75. The molecule has 1 aliphatic carbocycles. The highest BCUT2D eigenvalue weighted by atomic mass is 32.2. The lowest BCUT2D eigenvalue weighted by molar-refractivity contribution is -0.140. The molecule has 0 bridgehead atoms. The number of carbonyl (C=O) groups is 2. The summed E-state index contributed by atoms with van der Waals surface area (Å²) in [6, 6.07) is 5.92. The van der Waals surface area contributed by atoms with E-state index in [1.807, 2.05) is 25.1 Å². The van der Waals surface area contributed by atoms with E-state index in [2.05, 4.69) is 0 Å². The first-order chi connectivity index (χ1) is 10.1. The monoisotopic (exact) mass is 304 g/mol. The summed E-state index contributed by atoms with van der Waals surface area (Å²) in [6.45, 7) is 2.00. The number of nitrogens with zero attached hydrogens (tertiary/aromatic N) is 1. The van der Waals surface area contributed by atoms with Gasteiger partial charge in [-0.15, -0.1) is 11.8 Å². The van der Waals surface area contributed by atoms with Crippen LogP contribution in [0.15, 0.2) is 23.1 Å². The number of imide groups is 1. The van der Waals surface area contributed by atoms with E-state index in [1.54, 1.807) is 0 Å². The number of nitrogens with two attached hydrogens (primary N) is 1. The Morgan fingerprint density at radius 1 is 1.24 bits per heavy atom. The van der Waals surface area contributed by atoms with Gasteiger partial charge in [-0.3, -0.25) is 14.5 Å². The van der Waals surface area contributed by atoms with Gasteiger partial charge in [-0.1, -0.05) is 18.9 Å². The molecule has 4 nitrogen and oxygen atoms in total. The zero-order valence-electron chi connectivity index (χ0n) is 12.2.